The van der Waals surface area contributed by atoms with Crippen LogP contribution in [0.3, 0.4) is 0 Å². The van der Waals surface area contributed by atoms with E-state index in [9.17, 15) is 18.4 Å². The molecule has 2 bridgehead atoms. The summed E-state index contributed by atoms with van der Waals surface area (Å²) in [5, 5.41) is 6.33. The van der Waals surface area contributed by atoms with E-state index >= 15 is 0 Å². The van der Waals surface area contributed by atoms with E-state index in [0.717, 1.165) is 69.5 Å². The number of carbonyl (C=O) groups excluding carboxylic acids is 2. The number of carbonyl (C=O) groups is 2. The van der Waals surface area contributed by atoms with Crippen LogP contribution in [0.2, 0.25) is 0 Å². The van der Waals surface area contributed by atoms with Crippen molar-refractivity contribution in [1.29, 1.82) is 0 Å². The number of aromatic nitrogens is 2. The molecule has 2 aromatic rings. The van der Waals surface area contributed by atoms with Crippen molar-refractivity contribution in [3.05, 3.63) is 30.0 Å². The van der Waals surface area contributed by atoms with E-state index in [1.807, 2.05) is 0 Å². The number of benzene rings is 1. The van der Waals surface area contributed by atoms with Gasteiger partial charge in [-0.25, -0.2) is 4.98 Å². The van der Waals surface area contributed by atoms with Gasteiger partial charge in [0.1, 0.15) is 11.4 Å². The average molecular weight is 570 g/mol. The molecule has 1 saturated carbocycles. The van der Waals surface area contributed by atoms with Crippen molar-refractivity contribution >= 4 is 35.0 Å². The maximum absolute atomic E-state index is 15.0. The summed E-state index contributed by atoms with van der Waals surface area (Å²) in [6.45, 7) is 2.36. The Bertz CT molecular complexity index is 1310. The van der Waals surface area contributed by atoms with Crippen LogP contribution in [0.4, 0.5) is 31.9 Å². The summed E-state index contributed by atoms with van der Waals surface area (Å²) in [7, 11) is 2.85. The second kappa shape index (κ2) is 11.0. The summed E-state index contributed by atoms with van der Waals surface area (Å²) in [5.41, 5.74) is 1.26. The molecule has 41 heavy (non-hydrogen) atoms. The monoisotopic (exact) mass is 569 g/mol. The molecule has 12 heteroatoms. The molecule has 0 spiro atoms. The number of nitrogens with zero attached hydrogens (tertiary/aromatic N) is 5. The van der Waals surface area contributed by atoms with Gasteiger partial charge >= 0.3 is 5.92 Å². The number of halogens is 2. The minimum atomic E-state index is -3.55. The van der Waals surface area contributed by atoms with E-state index in [-0.39, 0.29) is 29.6 Å². The lowest BCUT2D eigenvalue weighted by Crippen LogP contribution is -2.57. The molecule has 2 amide bonds. The predicted octanol–water partition coefficient (Wildman–Crippen LogP) is 3.80. The highest BCUT2D eigenvalue weighted by molar-refractivity contribution is 6.02. The van der Waals surface area contributed by atoms with Crippen LogP contribution in [0.15, 0.2) is 24.4 Å². The van der Waals surface area contributed by atoms with Gasteiger partial charge < -0.3 is 30.1 Å². The lowest BCUT2D eigenvalue weighted by atomic mass is 9.84. The number of alkyl halides is 2. The van der Waals surface area contributed by atoms with Crippen molar-refractivity contribution in [2.24, 2.45) is 5.92 Å². The molecular weight excluding hydrogens is 532 g/mol. The van der Waals surface area contributed by atoms with E-state index in [4.69, 9.17) is 4.74 Å². The number of hydrogen-bond acceptors (Lipinski definition) is 8. The van der Waals surface area contributed by atoms with Crippen molar-refractivity contribution in [3.8, 4) is 5.75 Å². The van der Waals surface area contributed by atoms with Gasteiger partial charge in [-0.15, -0.1) is 0 Å². The van der Waals surface area contributed by atoms with Crippen molar-refractivity contribution < 1.29 is 23.1 Å². The van der Waals surface area contributed by atoms with Gasteiger partial charge in [-0.1, -0.05) is 19.3 Å². The fourth-order valence-corrected chi connectivity index (χ4v) is 6.72. The van der Waals surface area contributed by atoms with E-state index in [1.165, 1.54) is 20.4 Å². The van der Waals surface area contributed by atoms with E-state index < -0.39 is 18.4 Å². The number of anilines is 4. The average Bonchev–Trinajstić information content (AvgIpc) is 3.07. The van der Waals surface area contributed by atoms with Gasteiger partial charge in [0.15, 0.2) is 5.82 Å². The minimum Gasteiger partial charge on any atom is -0.495 e. The molecular formula is C29H37F2N7O3. The van der Waals surface area contributed by atoms with Gasteiger partial charge in [0.05, 0.1) is 25.5 Å². The molecule has 5 heterocycles. The summed E-state index contributed by atoms with van der Waals surface area (Å²) in [6.07, 6.45) is 8.10. The molecule has 220 valence electrons. The number of piperidine rings is 3. The maximum atomic E-state index is 15.0. The molecule has 3 saturated heterocycles. The Hall–Kier alpha value is -3.54. The highest BCUT2D eigenvalue weighted by Crippen LogP contribution is 2.40. The summed E-state index contributed by atoms with van der Waals surface area (Å²) in [5.74, 6) is -3.54. The summed E-state index contributed by atoms with van der Waals surface area (Å²) in [4.78, 5) is 39.6. The lowest BCUT2D eigenvalue weighted by molar-refractivity contribution is -0.140. The molecule has 1 aliphatic carbocycles. The SMILES string of the molecule is COc1cc(C(=O)N[C@@H]2CN3CCC2CC3)ccc1Nc1ncc2c(n1)N(C1CCCCC1)CC(F)(F)C(=O)N2C. The standard InChI is InChI=1S/C29H37F2N7O3/c1-36-23-15-32-28(35-25(23)38(17-29(30,31)27(36)40)20-6-4-3-5-7-20)34-21-9-8-19(14-24(21)41-2)26(39)33-22-16-37-12-10-18(22)11-13-37/h8-9,14-15,18,20,22H,3-7,10-13,16-17H2,1-2H3,(H,33,39)(H,32,34,35)/t22-/m1/s1. The van der Waals surface area contributed by atoms with Crippen LogP contribution >= 0.6 is 0 Å². The molecule has 7 rings (SSSR count). The van der Waals surface area contributed by atoms with Crippen LogP contribution in [0.25, 0.3) is 0 Å². The maximum Gasteiger partial charge on any atom is 0.342 e. The predicted molar refractivity (Wildman–Crippen MR) is 151 cm³/mol. The van der Waals surface area contributed by atoms with Crippen LogP contribution in [-0.4, -0.2) is 85.0 Å². The number of hydrogen-bond donors (Lipinski definition) is 2. The van der Waals surface area contributed by atoms with Gasteiger partial charge in [-0.3, -0.25) is 9.59 Å². The van der Waals surface area contributed by atoms with Gasteiger partial charge in [-0.05, 0) is 62.9 Å². The molecule has 0 unspecified atom stereocenters. The number of ether oxygens (including phenoxy) is 1. The van der Waals surface area contributed by atoms with E-state index in [2.05, 4.69) is 25.5 Å². The smallest absolute Gasteiger partial charge is 0.342 e. The highest BCUT2D eigenvalue weighted by atomic mass is 19.3. The van der Waals surface area contributed by atoms with Crippen molar-refractivity contribution in [1.82, 2.24) is 20.2 Å². The molecule has 1 atom stereocenters. The van der Waals surface area contributed by atoms with Crippen LogP contribution in [-0.2, 0) is 4.79 Å². The number of amides is 2. The third-order valence-corrected chi connectivity index (χ3v) is 9.07. The van der Waals surface area contributed by atoms with E-state index in [1.54, 1.807) is 23.1 Å². The first-order valence-corrected chi connectivity index (χ1v) is 14.5. The van der Waals surface area contributed by atoms with Crippen molar-refractivity contribution in [2.45, 2.75) is 63.0 Å². The van der Waals surface area contributed by atoms with Gasteiger partial charge in [0.25, 0.3) is 11.8 Å². The molecule has 2 N–H and O–H groups in total. The summed E-state index contributed by atoms with van der Waals surface area (Å²) in [6, 6.07) is 5.11. The fourth-order valence-electron chi connectivity index (χ4n) is 6.72. The Kier molecular flexibility index (Phi) is 7.43. The number of nitrogens with one attached hydrogen (secondary N) is 2. The summed E-state index contributed by atoms with van der Waals surface area (Å²) < 4.78 is 35.5. The third-order valence-electron chi connectivity index (χ3n) is 9.07. The Balaban J connectivity index is 1.25. The van der Waals surface area contributed by atoms with Gasteiger partial charge in [-0.2, -0.15) is 13.8 Å². The zero-order valence-electron chi connectivity index (χ0n) is 23.5. The normalized spacial score (nSPS) is 25.9. The Morgan fingerprint density at radius 2 is 1.88 bits per heavy atom. The Morgan fingerprint density at radius 3 is 2.56 bits per heavy atom. The molecule has 4 fully saturated rings. The fraction of sp³-hybridized carbons (Fsp3) is 0.586. The van der Waals surface area contributed by atoms with Gasteiger partial charge in [0.2, 0.25) is 5.95 Å². The number of methoxy groups -OCH3 is 1. The largest absolute Gasteiger partial charge is 0.495 e. The molecule has 0 radical (unpaired) electrons. The van der Waals surface area contributed by atoms with Crippen LogP contribution in [0.5, 0.6) is 5.75 Å². The lowest BCUT2D eigenvalue weighted by Gasteiger charge is -2.44. The third kappa shape index (κ3) is 5.41. The van der Waals surface area contributed by atoms with Crippen LogP contribution in [0.1, 0.15) is 55.3 Å². The Morgan fingerprint density at radius 1 is 1.12 bits per heavy atom. The van der Waals surface area contributed by atoms with Crippen molar-refractivity contribution in [2.75, 3.05) is 55.5 Å². The quantitative estimate of drug-likeness (QED) is 0.542. The van der Waals surface area contributed by atoms with Crippen LogP contribution in [0, 0.1) is 5.92 Å². The zero-order valence-corrected chi connectivity index (χ0v) is 23.5. The first-order chi connectivity index (χ1) is 19.7. The number of fused-ring (bicyclic) bond motifs is 4. The van der Waals surface area contributed by atoms with E-state index in [0.29, 0.717) is 28.7 Å². The summed E-state index contributed by atoms with van der Waals surface area (Å²) >= 11 is 0. The highest BCUT2D eigenvalue weighted by Gasteiger charge is 2.48. The topological polar surface area (TPSA) is 103 Å². The first kappa shape index (κ1) is 27.6. The first-order valence-electron chi connectivity index (χ1n) is 14.5. The minimum absolute atomic E-state index is 0.140. The number of rotatable bonds is 6. The molecule has 4 aliphatic heterocycles. The Labute approximate surface area is 238 Å². The van der Waals surface area contributed by atoms with Crippen LogP contribution < -0.4 is 25.2 Å². The molecule has 1 aromatic heterocycles. The molecule has 1 aromatic carbocycles. The zero-order chi connectivity index (χ0) is 28.7. The molecule has 5 aliphatic rings. The second-order valence-electron chi connectivity index (χ2n) is 11.6. The molecule has 10 nitrogen and oxygen atoms in total. The van der Waals surface area contributed by atoms with Crippen molar-refractivity contribution in [3.63, 3.8) is 0 Å². The second-order valence-corrected chi connectivity index (χ2v) is 11.6. The van der Waals surface area contributed by atoms with Gasteiger partial charge in [0, 0.05) is 31.2 Å².